The van der Waals surface area contributed by atoms with Gasteiger partial charge in [0.05, 0.1) is 4.90 Å². The second kappa shape index (κ2) is 5.31. The van der Waals surface area contributed by atoms with E-state index in [1.54, 1.807) is 0 Å². The lowest BCUT2D eigenvalue weighted by molar-refractivity contribution is 0.597. The molecule has 9 heteroatoms. The summed E-state index contributed by atoms with van der Waals surface area (Å²) in [5, 5.41) is 0.324. The zero-order valence-corrected chi connectivity index (χ0v) is 12.7. The SMILES string of the molecule is O=S(=O)(c1cc(Cl)cc(Cl)c1)C(Cl)(Cl)SCl. The lowest BCUT2D eigenvalue weighted by Crippen LogP contribution is -2.21. The molecule has 16 heavy (non-hydrogen) atoms. The van der Waals surface area contributed by atoms with Gasteiger partial charge in [0.15, 0.2) is 0 Å². The van der Waals surface area contributed by atoms with Crippen molar-refractivity contribution in [3.63, 3.8) is 0 Å². The van der Waals surface area contributed by atoms with E-state index in [-0.39, 0.29) is 25.9 Å². The fourth-order valence-corrected chi connectivity index (χ4v) is 4.26. The van der Waals surface area contributed by atoms with Crippen molar-refractivity contribution < 1.29 is 8.42 Å². The molecule has 0 heterocycles. The highest BCUT2D eigenvalue weighted by atomic mass is 35.7. The van der Waals surface area contributed by atoms with Crippen LogP contribution in [0.5, 0.6) is 0 Å². The Morgan fingerprint density at radius 3 is 1.88 bits per heavy atom. The average molecular weight is 360 g/mol. The summed E-state index contributed by atoms with van der Waals surface area (Å²) in [6.45, 7) is 0. The molecule has 0 aliphatic heterocycles. The molecule has 0 saturated carbocycles. The molecule has 1 rings (SSSR count). The highest BCUT2D eigenvalue weighted by Gasteiger charge is 2.42. The van der Waals surface area contributed by atoms with Gasteiger partial charge >= 0.3 is 0 Å². The van der Waals surface area contributed by atoms with Crippen molar-refractivity contribution in [2.45, 2.75) is 7.89 Å². The predicted molar refractivity (Wildman–Crippen MR) is 71.5 cm³/mol. The third-order valence-electron chi connectivity index (χ3n) is 1.55. The summed E-state index contributed by atoms with van der Waals surface area (Å²) in [6, 6.07) is 3.77. The lowest BCUT2D eigenvalue weighted by Gasteiger charge is -2.16. The fourth-order valence-electron chi connectivity index (χ4n) is 0.862. The highest BCUT2D eigenvalue weighted by Crippen LogP contribution is 2.46. The molecule has 0 aliphatic carbocycles. The van der Waals surface area contributed by atoms with Gasteiger partial charge in [-0.15, -0.1) is 0 Å². The third kappa shape index (κ3) is 3.05. The largest absolute Gasteiger partial charge is 0.282 e. The maximum Gasteiger partial charge on any atom is 0.282 e. The van der Waals surface area contributed by atoms with Crippen LogP contribution in [0.2, 0.25) is 10.0 Å². The molecule has 0 bridgehead atoms. The molecule has 1 aromatic carbocycles. The van der Waals surface area contributed by atoms with Gasteiger partial charge in [0.25, 0.3) is 3.00 Å². The maximum absolute atomic E-state index is 11.9. The fraction of sp³-hybridized carbons (Fsp3) is 0.143. The molecule has 0 unspecified atom stereocenters. The molecule has 0 amide bonds. The van der Waals surface area contributed by atoms with Crippen molar-refractivity contribution >= 4 is 77.9 Å². The van der Waals surface area contributed by atoms with Crippen molar-refractivity contribution in [3.8, 4) is 0 Å². The van der Waals surface area contributed by atoms with Crippen LogP contribution in [0.3, 0.4) is 0 Å². The molecule has 0 spiro atoms. The van der Waals surface area contributed by atoms with Gasteiger partial charge < -0.3 is 0 Å². The lowest BCUT2D eigenvalue weighted by atomic mass is 10.4. The molecule has 0 saturated heterocycles. The summed E-state index contributed by atoms with van der Waals surface area (Å²) in [4.78, 5) is -0.192. The van der Waals surface area contributed by atoms with Gasteiger partial charge in [-0.3, -0.25) is 0 Å². The summed E-state index contributed by atoms with van der Waals surface area (Å²) in [5.74, 6) is 0. The Hall–Kier alpha value is 0.970. The standard InChI is InChI=1S/C7H3Cl5O2S2/c8-4-1-5(9)3-6(2-4)16(13,14)7(10,11)15-12/h1-3H. The van der Waals surface area contributed by atoms with Gasteiger partial charge in [-0.25, -0.2) is 8.42 Å². The van der Waals surface area contributed by atoms with Crippen molar-refractivity contribution in [3.05, 3.63) is 28.2 Å². The van der Waals surface area contributed by atoms with E-state index >= 15 is 0 Å². The van der Waals surface area contributed by atoms with Crippen LogP contribution in [0.4, 0.5) is 0 Å². The summed E-state index contributed by atoms with van der Waals surface area (Å²) in [7, 11) is 1.54. The van der Waals surface area contributed by atoms with Crippen molar-refractivity contribution in [2.24, 2.45) is 0 Å². The number of rotatable bonds is 3. The van der Waals surface area contributed by atoms with Gasteiger partial charge in [-0.05, 0) is 28.9 Å². The maximum atomic E-state index is 11.9. The summed E-state index contributed by atoms with van der Waals surface area (Å²) < 4.78 is 21.6. The summed E-state index contributed by atoms with van der Waals surface area (Å²) in [6.07, 6.45) is 0. The zero-order valence-electron chi connectivity index (χ0n) is 7.25. The Balaban J connectivity index is 3.39. The molecule has 0 aromatic heterocycles. The second-order valence-electron chi connectivity index (χ2n) is 2.65. The van der Waals surface area contributed by atoms with E-state index in [2.05, 4.69) is 0 Å². The first-order chi connectivity index (χ1) is 7.20. The van der Waals surface area contributed by atoms with Crippen LogP contribution in [0.25, 0.3) is 0 Å². The molecule has 0 N–H and O–H groups in total. The van der Waals surface area contributed by atoms with E-state index in [9.17, 15) is 8.42 Å². The molecule has 0 aliphatic rings. The molecule has 0 radical (unpaired) electrons. The normalized spacial score (nSPS) is 12.8. The summed E-state index contributed by atoms with van der Waals surface area (Å²) in [5.41, 5.74) is 0. The molecule has 90 valence electrons. The molecule has 1 aromatic rings. The topological polar surface area (TPSA) is 34.1 Å². The first-order valence-electron chi connectivity index (χ1n) is 3.59. The molecular weight excluding hydrogens is 357 g/mol. The predicted octanol–water partition coefficient (Wildman–Crippen LogP) is 4.74. The number of hydrogen-bond acceptors (Lipinski definition) is 3. The Kier molecular flexibility index (Phi) is 4.98. The number of alkyl halides is 2. The van der Waals surface area contributed by atoms with E-state index in [0.29, 0.717) is 0 Å². The molecular formula is C7H3Cl5O2S2. The van der Waals surface area contributed by atoms with Crippen LogP contribution in [-0.2, 0) is 9.84 Å². The third-order valence-corrected chi connectivity index (χ3v) is 7.68. The van der Waals surface area contributed by atoms with Crippen LogP contribution in [-0.4, -0.2) is 11.4 Å². The Bertz CT molecular complexity index is 479. The van der Waals surface area contributed by atoms with E-state index < -0.39 is 12.8 Å². The van der Waals surface area contributed by atoms with E-state index in [4.69, 9.17) is 57.1 Å². The van der Waals surface area contributed by atoms with E-state index in [0.717, 1.165) is 0 Å². The van der Waals surface area contributed by atoms with Crippen molar-refractivity contribution in [1.82, 2.24) is 0 Å². The number of benzene rings is 1. The van der Waals surface area contributed by atoms with Gasteiger partial charge in [0, 0.05) is 21.0 Å². The van der Waals surface area contributed by atoms with Gasteiger partial charge in [-0.2, -0.15) is 0 Å². The van der Waals surface area contributed by atoms with Crippen molar-refractivity contribution in [1.29, 1.82) is 0 Å². The average Bonchev–Trinajstić information content (AvgIpc) is 2.16. The second-order valence-corrected chi connectivity index (χ2v) is 9.32. The minimum atomic E-state index is -4.04. The van der Waals surface area contributed by atoms with Crippen LogP contribution >= 0.6 is 68.1 Å². The number of hydrogen-bond donors (Lipinski definition) is 0. The van der Waals surface area contributed by atoms with E-state index in [1.807, 2.05) is 0 Å². The van der Waals surface area contributed by atoms with E-state index in [1.165, 1.54) is 18.2 Å². The minimum absolute atomic E-state index is 0.162. The van der Waals surface area contributed by atoms with Crippen LogP contribution < -0.4 is 0 Å². The molecule has 0 atom stereocenters. The summed E-state index contributed by atoms with van der Waals surface area (Å²) >= 11 is 22.5. The molecule has 0 fully saturated rings. The van der Waals surface area contributed by atoms with Crippen LogP contribution in [0.15, 0.2) is 23.1 Å². The quantitative estimate of drug-likeness (QED) is 0.730. The Morgan fingerprint density at radius 1 is 1.06 bits per heavy atom. The first-order valence-corrected chi connectivity index (χ1v) is 8.23. The Labute approximate surface area is 122 Å². The Morgan fingerprint density at radius 2 is 1.50 bits per heavy atom. The molecule has 2 nitrogen and oxygen atoms in total. The van der Waals surface area contributed by atoms with Crippen LogP contribution in [0.1, 0.15) is 0 Å². The highest BCUT2D eigenvalue weighted by molar-refractivity contribution is 8.31. The van der Waals surface area contributed by atoms with Gasteiger partial charge in [0.2, 0.25) is 9.84 Å². The minimum Gasteiger partial charge on any atom is -0.220 e. The first kappa shape index (κ1) is 15.0. The number of sulfone groups is 1. The van der Waals surface area contributed by atoms with Gasteiger partial charge in [0.1, 0.15) is 0 Å². The smallest absolute Gasteiger partial charge is 0.220 e. The van der Waals surface area contributed by atoms with Crippen LogP contribution in [0, 0.1) is 0 Å². The van der Waals surface area contributed by atoms with Gasteiger partial charge in [-0.1, -0.05) is 46.4 Å². The monoisotopic (exact) mass is 358 g/mol. The van der Waals surface area contributed by atoms with Crippen molar-refractivity contribution in [2.75, 3.05) is 0 Å². The number of halogens is 5. The zero-order chi connectivity index (χ0) is 12.6.